The monoisotopic (exact) mass is 654 g/mol. The van der Waals surface area contributed by atoms with E-state index in [9.17, 15) is 48.3 Å². The maximum atomic E-state index is 14.8. The van der Waals surface area contributed by atoms with E-state index < -0.39 is 92.0 Å². The molecule has 238 valence electrons. The number of unbranched alkanes of at least 4 members (excludes halogenated alkanes) is 1. The third-order valence-corrected chi connectivity index (χ3v) is 6.02. The molecule has 0 saturated carbocycles. The van der Waals surface area contributed by atoms with Crippen molar-refractivity contribution in [1.82, 2.24) is 0 Å². The number of alkyl halides is 2. The van der Waals surface area contributed by atoms with E-state index in [0.29, 0.717) is 30.7 Å². The highest BCUT2D eigenvalue weighted by molar-refractivity contribution is 5.48. The van der Waals surface area contributed by atoms with E-state index in [1.807, 2.05) is 24.7 Å². The van der Waals surface area contributed by atoms with Crippen molar-refractivity contribution in [2.24, 2.45) is 0 Å². The van der Waals surface area contributed by atoms with Crippen LogP contribution < -0.4 is 9.47 Å². The third kappa shape index (κ3) is 7.72. The number of benzene rings is 4. The van der Waals surface area contributed by atoms with Gasteiger partial charge in [-0.25, -0.2) is 39.5 Å². The summed E-state index contributed by atoms with van der Waals surface area (Å²) in [6, 6.07) is 3.63. The van der Waals surface area contributed by atoms with Crippen LogP contribution >= 0.6 is 0 Å². The quantitative estimate of drug-likeness (QED) is 0.0858. The fraction of sp³-hybridized carbons (Fsp3) is 0.152. The van der Waals surface area contributed by atoms with E-state index in [4.69, 9.17) is 4.74 Å². The lowest BCUT2D eigenvalue weighted by Crippen LogP contribution is -2.25. The number of hydrogen-bond donors (Lipinski definition) is 0. The predicted octanol–water partition coefficient (Wildman–Crippen LogP) is 9.05. The Balaban J connectivity index is 1.56. The summed E-state index contributed by atoms with van der Waals surface area (Å²) in [6.45, 7) is 2.08. The van der Waals surface area contributed by atoms with Crippen LogP contribution in [0.25, 0.3) is 0 Å². The molecule has 2 nitrogen and oxygen atoms in total. The van der Waals surface area contributed by atoms with E-state index >= 15 is 0 Å². The van der Waals surface area contributed by atoms with Crippen LogP contribution in [0.3, 0.4) is 0 Å². The largest absolute Gasteiger partial charge is 0.493 e. The first-order chi connectivity index (χ1) is 21.7. The molecule has 0 heterocycles. The maximum Gasteiger partial charge on any atom is 0.432 e. The van der Waals surface area contributed by atoms with E-state index in [1.165, 1.54) is 0 Å². The molecule has 0 aromatic heterocycles. The van der Waals surface area contributed by atoms with Crippen LogP contribution in [-0.2, 0) is 6.11 Å². The second kappa shape index (κ2) is 13.9. The summed E-state index contributed by atoms with van der Waals surface area (Å²) in [5, 5.41) is 0. The topological polar surface area (TPSA) is 18.5 Å². The maximum absolute atomic E-state index is 14.8. The molecule has 46 heavy (non-hydrogen) atoms. The van der Waals surface area contributed by atoms with Gasteiger partial charge in [-0.05, 0) is 30.7 Å². The minimum Gasteiger partial charge on any atom is -0.493 e. The summed E-state index contributed by atoms with van der Waals surface area (Å²) in [6.07, 6.45) is -3.46. The SMILES string of the molecule is CCCCOc1cc(F)c(C#Cc2cc(F)c(C(F)(F)Oc3cc(F)c(C#Cc4cc(F)c(F)c(F)c4)c(F)c3)c(F)c2)c(F)c1. The molecule has 0 aliphatic rings. The molecule has 4 aromatic carbocycles. The zero-order chi connectivity index (χ0) is 33.8. The molecule has 0 saturated heterocycles. The molecular weight excluding hydrogens is 637 g/mol. The molecule has 0 amide bonds. The fourth-order valence-electron chi connectivity index (χ4n) is 3.83. The van der Waals surface area contributed by atoms with Gasteiger partial charge in [0.05, 0.1) is 17.7 Å². The molecule has 0 aliphatic carbocycles. The molecule has 0 spiro atoms. The van der Waals surface area contributed by atoms with Gasteiger partial charge in [0, 0.05) is 35.4 Å². The molecule has 0 N–H and O–H groups in total. The summed E-state index contributed by atoms with van der Waals surface area (Å²) in [7, 11) is 0. The molecule has 0 bridgehead atoms. The first-order valence-corrected chi connectivity index (χ1v) is 13.1. The van der Waals surface area contributed by atoms with Crippen LogP contribution in [0.1, 0.15) is 47.6 Å². The van der Waals surface area contributed by atoms with Gasteiger partial charge in [0.1, 0.15) is 52.0 Å². The van der Waals surface area contributed by atoms with Gasteiger partial charge >= 0.3 is 6.11 Å². The molecule has 0 atom stereocenters. The summed E-state index contributed by atoms with van der Waals surface area (Å²) >= 11 is 0. The highest BCUT2D eigenvalue weighted by Crippen LogP contribution is 2.36. The van der Waals surface area contributed by atoms with Crippen molar-refractivity contribution in [2.45, 2.75) is 25.9 Å². The smallest absolute Gasteiger partial charge is 0.432 e. The Hall–Kier alpha value is -5.17. The molecule has 13 heteroatoms. The van der Waals surface area contributed by atoms with Gasteiger partial charge in [-0.3, -0.25) is 0 Å². The average Bonchev–Trinajstić information content (AvgIpc) is 2.94. The van der Waals surface area contributed by atoms with E-state index in [1.54, 1.807) is 0 Å². The molecule has 4 aromatic rings. The second-order valence-corrected chi connectivity index (χ2v) is 9.41. The first-order valence-electron chi connectivity index (χ1n) is 13.1. The van der Waals surface area contributed by atoms with Gasteiger partial charge in [0.25, 0.3) is 0 Å². The third-order valence-electron chi connectivity index (χ3n) is 6.02. The molecule has 0 radical (unpaired) electrons. The molecular formula is C33H17F11O2. The minimum atomic E-state index is -4.86. The van der Waals surface area contributed by atoms with Crippen molar-refractivity contribution in [1.29, 1.82) is 0 Å². The predicted molar refractivity (Wildman–Crippen MR) is 142 cm³/mol. The molecule has 0 unspecified atom stereocenters. The highest BCUT2D eigenvalue weighted by atomic mass is 19.3. The first kappa shape index (κ1) is 33.7. The number of halogens is 11. The van der Waals surface area contributed by atoms with E-state index in [0.717, 1.165) is 18.6 Å². The zero-order valence-corrected chi connectivity index (χ0v) is 23.2. The van der Waals surface area contributed by atoms with Crippen LogP contribution in [-0.4, -0.2) is 6.61 Å². The van der Waals surface area contributed by atoms with Gasteiger partial charge < -0.3 is 9.47 Å². The fourth-order valence-corrected chi connectivity index (χ4v) is 3.83. The van der Waals surface area contributed by atoms with Crippen LogP contribution in [0.5, 0.6) is 11.5 Å². The molecule has 4 rings (SSSR count). The lowest BCUT2D eigenvalue weighted by atomic mass is 10.1. The summed E-state index contributed by atoms with van der Waals surface area (Å²) in [5.41, 5.74) is -4.93. The van der Waals surface area contributed by atoms with Crippen LogP contribution in [0.4, 0.5) is 48.3 Å². The Morgan fingerprint density at radius 3 is 1.39 bits per heavy atom. The Morgan fingerprint density at radius 2 is 0.957 bits per heavy atom. The normalized spacial score (nSPS) is 11.0. The zero-order valence-electron chi connectivity index (χ0n) is 23.2. The number of rotatable bonds is 7. The molecule has 0 fully saturated rings. The second-order valence-electron chi connectivity index (χ2n) is 9.41. The van der Waals surface area contributed by atoms with Crippen molar-refractivity contribution in [3.63, 3.8) is 0 Å². The lowest BCUT2D eigenvalue weighted by Gasteiger charge is -2.20. The van der Waals surface area contributed by atoms with Gasteiger partial charge in [-0.15, -0.1) is 0 Å². The summed E-state index contributed by atoms with van der Waals surface area (Å²) in [5.74, 6) is -7.79. The minimum absolute atomic E-state index is 0.113. The summed E-state index contributed by atoms with van der Waals surface area (Å²) in [4.78, 5) is 0. The van der Waals surface area contributed by atoms with Crippen molar-refractivity contribution in [3.8, 4) is 35.2 Å². The van der Waals surface area contributed by atoms with Crippen molar-refractivity contribution < 1.29 is 57.8 Å². The van der Waals surface area contributed by atoms with Crippen molar-refractivity contribution in [3.05, 3.63) is 129 Å². The van der Waals surface area contributed by atoms with Gasteiger partial charge in [-0.1, -0.05) is 37.0 Å². The van der Waals surface area contributed by atoms with Crippen LogP contribution in [0.2, 0.25) is 0 Å². The van der Waals surface area contributed by atoms with Crippen LogP contribution in [0.15, 0.2) is 48.5 Å². The lowest BCUT2D eigenvalue weighted by molar-refractivity contribution is -0.189. The Kier molecular flexibility index (Phi) is 10.2. The van der Waals surface area contributed by atoms with E-state index in [2.05, 4.69) is 10.7 Å². The van der Waals surface area contributed by atoms with Crippen LogP contribution in [0, 0.1) is 76.0 Å². The van der Waals surface area contributed by atoms with Gasteiger partial charge in [-0.2, -0.15) is 8.78 Å². The number of hydrogen-bond acceptors (Lipinski definition) is 2. The standard InChI is InChI=1S/C33H17F11O2/c1-2-3-8-45-19-13-23(34)21(24(35)14-19)6-4-17-9-27(38)31(28(39)10-17)33(43,44)46-20-15-25(36)22(26(37)16-20)7-5-18-11-29(40)32(42)30(41)12-18/h9-16H,2-3,8H2,1H3. The molecule has 0 aliphatic heterocycles. The Morgan fingerprint density at radius 1 is 0.543 bits per heavy atom. The van der Waals surface area contributed by atoms with Crippen molar-refractivity contribution in [2.75, 3.05) is 6.61 Å². The van der Waals surface area contributed by atoms with E-state index in [-0.39, 0.29) is 24.5 Å². The number of ether oxygens (including phenoxy) is 2. The Labute approximate surface area is 254 Å². The summed E-state index contributed by atoms with van der Waals surface area (Å²) < 4.78 is 166. The van der Waals surface area contributed by atoms with Gasteiger partial charge in [0.15, 0.2) is 17.5 Å². The Bertz CT molecular complexity index is 1840. The highest BCUT2D eigenvalue weighted by Gasteiger charge is 2.41. The average molecular weight is 654 g/mol. The van der Waals surface area contributed by atoms with Gasteiger partial charge in [0.2, 0.25) is 0 Å². The van der Waals surface area contributed by atoms with Crippen molar-refractivity contribution >= 4 is 0 Å².